The van der Waals surface area contributed by atoms with Crippen LogP contribution in [0, 0.1) is 0 Å². The van der Waals surface area contributed by atoms with Crippen LogP contribution in [0.1, 0.15) is 23.6 Å². The largest absolute Gasteiger partial charge is 0.497 e. The number of rotatable bonds is 10. The summed E-state index contributed by atoms with van der Waals surface area (Å²) < 4.78 is 5.21. The van der Waals surface area contributed by atoms with Crippen LogP contribution in [0.3, 0.4) is 0 Å². The number of ether oxygens (including phenoxy) is 1. The van der Waals surface area contributed by atoms with E-state index in [1.807, 2.05) is 61.5 Å². The van der Waals surface area contributed by atoms with Crippen molar-refractivity contribution in [2.24, 2.45) is 0 Å². The van der Waals surface area contributed by atoms with E-state index in [0.29, 0.717) is 28.8 Å². The van der Waals surface area contributed by atoms with Crippen LogP contribution in [-0.4, -0.2) is 36.4 Å². The molecule has 0 heterocycles. The molecule has 1 atom stereocenters. The Morgan fingerprint density at radius 3 is 2.29 bits per heavy atom. The minimum absolute atomic E-state index is 0.139. The molecule has 0 fully saturated rings. The summed E-state index contributed by atoms with van der Waals surface area (Å²) in [5.41, 5.74) is 2.51. The average Bonchev–Trinajstić information content (AvgIpc) is 2.83. The number of likely N-dealkylation sites (N-methyl/N-ethyl adjacent to an activating group) is 1. The Morgan fingerprint density at radius 1 is 0.971 bits per heavy atom. The van der Waals surface area contributed by atoms with E-state index in [4.69, 9.17) is 27.9 Å². The number of hydrogen-bond donors (Lipinski definition) is 1. The van der Waals surface area contributed by atoms with Crippen molar-refractivity contribution < 1.29 is 14.3 Å². The van der Waals surface area contributed by atoms with Gasteiger partial charge in [-0.1, -0.05) is 71.7 Å². The van der Waals surface area contributed by atoms with Crippen LogP contribution < -0.4 is 10.1 Å². The minimum Gasteiger partial charge on any atom is -0.497 e. The molecule has 34 heavy (non-hydrogen) atoms. The van der Waals surface area contributed by atoms with Crippen LogP contribution in [-0.2, 0) is 29.0 Å². The van der Waals surface area contributed by atoms with Gasteiger partial charge in [0, 0.05) is 29.6 Å². The SMILES string of the molecule is CCNC(=O)C(Cc1ccccc1)N(Cc1ccc(Cl)cc1Cl)C(=O)Cc1ccc(OC)cc1. The van der Waals surface area contributed by atoms with Crippen molar-refractivity contribution in [2.75, 3.05) is 13.7 Å². The lowest BCUT2D eigenvalue weighted by atomic mass is 10.0. The van der Waals surface area contributed by atoms with Gasteiger partial charge in [0.1, 0.15) is 11.8 Å². The van der Waals surface area contributed by atoms with Crippen LogP contribution >= 0.6 is 23.2 Å². The van der Waals surface area contributed by atoms with E-state index in [0.717, 1.165) is 16.7 Å². The van der Waals surface area contributed by atoms with Gasteiger partial charge in [-0.3, -0.25) is 9.59 Å². The van der Waals surface area contributed by atoms with Crippen LogP contribution in [0.25, 0.3) is 0 Å². The van der Waals surface area contributed by atoms with E-state index in [-0.39, 0.29) is 24.8 Å². The lowest BCUT2D eigenvalue weighted by molar-refractivity contribution is -0.140. The zero-order chi connectivity index (χ0) is 24.5. The van der Waals surface area contributed by atoms with Gasteiger partial charge in [0.2, 0.25) is 11.8 Å². The van der Waals surface area contributed by atoms with E-state index >= 15 is 0 Å². The minimum atomic E-state index is -0.708. The molecule has 3 aromatic rings. The molecule has 0 aliphatic carbocycles. The molecule has 1 unspecified atom stereocenters. The van der Waals surface area contributed by atoms with E-state index in [1.165, 1.54) is 0 Å². The topological polar surface area (TPSA) is 58.6 Å². The maximum absolute atomic E-state index is 13.6. The van der Waals surface area contributed by atoms with Gasteiger partial charge in [-0.15, -0.1) is 0 Å². The van der Waals surface area contributed by atoms with E-state index < -0.39 is 6.04 Å². The number of nitrogens with one attached hydrogen (secondary N) is 1. The van der Waals surface area contributed by atoms with Crippen molar-refractivity contribution in [3.8, 4) is 5.75 Å². The molecular formula is C27H28Cl2N2O3. The first-order valence-electron chi connectivity index (χ1n) is 11.1. The smallest absolute Gasteiger partial charge is 0.243 e. The molecule has 0 aliphatic heterocycles. The Hall–Kier alpha value is -3.02. The van der Waals surface area contributed by atoms with Crippen molar-refractivity contribution >= 4 is 35.0 Å². The molecule has 0 saturated carbocycles. The molecular weight excluding hydrogens is 471 g/mol. The third-order valence-electron chi connectivity index (χ3n) is 5.49. The van der Waals surface area contributed by atoms with E-state index in [2.05, 4.69) is 5.32 Å². The van der Waals surface area contributed by atoms with Crippen LogP contribution in [0.5, 0.6) is 5.75 Å². The monoisotopic (exact) mass is 498 g/mol. The highest BCUT2D eigenvalue weighted by Crippen LogP contribution is 2.25. The molecule has 3 aromatic carbocycles. The van der Waals surface area contributed by atoms with Crippen molar-refractivity contribution in [3.05, 3.63) is 99.5 Å². The molecule has 0 spiro atoms. The summed E-state index contributed by atoms with van der Waals surface area (Å²) in [4.78, 5) is 28.4. The zero-order valence-electron chi connectivity index (χ0n) is 19.3. The second-order valence-electron chi connectivity index (χ2n) is 7.88. The number of hydrogen-bond acceptors (Lipinski definition) is 3. The second kappa shape index (κ2) is 12.4. The highest BCUT2D eigenvalue weighted by molar-refractivity contribution is 6.35. The van der Waals surface area contributed by atoms with Gasteiger partial charge in [0.05, 0.1) is 13.5 Å². The molecule has 0 aromatic heterocycles. The zero-order valence-corrected chi connectivity index (χ0v) is 20.8. The molecule has 178 valence electrons. The predicted octanol–water partition coefficient (Wildman–Crippen LogP) is 5.32. The van der Waals surface area contributed by atoms with E-state index in [9.17, 15) is 9.59 Å². The number of carbonyl (C=O) groups is 2. The molecule has 5 nitrogen and oxygen atoms in total. The Bertz CT molecular complexity index is 1100. The first-order chi connectivity index (χ1) is 16.4. The molecule has 3 rings (SSSR count). The van der Waals surface area contributed by atoms with Gasteiger partial charge in [-0.25, -0.2) is 0 Å². The summed E-state index contributed by atoms with van der Waals surface area (Å²) in [5, 5.41) is 3.84. The highest BCUT2D eigenvalue weighted by Gasteiger charge is 2.30. The van der Waals surface area contributed by atoms with Crippen molar-refractivity contribution in [2.45, 2.75) is 32.4 Å². The molecule has 7 heteroatoms. The third-order valence-corrected chi connectivity index (χ3v) is 6.08. The fourth-order valence-corrected chi connectivity index (χ4v) is 4.17. The maximum Gasteiger partial charge on any atom is 0.243 e. The van der Waals surface area contributed by atoms with Gasteiger partial charge in [0.15, 0.2) is 0 Å². The van der Waals surface area contributed by atoms with Crippen LogP contribution in [0.2, 0.25) is 10.0 Å². The van der Waals surface area contributed by atoms with Crippen LogP contribution in [0.4, 0.5) is 0 Å². The normalized spacial score (nSPS) is 11.5. The number of nitrogens with zero attached hydrogens (tertiary/aromatic N) is 1. The molecule has 0 radical (unpaired) electrons. The number of methoxy groups -OCH3 is 1. The predicted molar refractivity (Wildman–Crippen MR) is 136 cm³/mol. The Kier molecular flexibility index (Phi) is 9.37. The Labute approximate surface area is 210 Å². The third kappa shape index (κ3) is 6.99. The summed E-state index contributed by atoms with van der Waals surface area (Å²) in [5.74, 6) is 0.327. The number of carbonyl (C=O) groups excluding carboxylic acids is 2. The summed E-state index contributed by atoms with van der Waals surface area (Å²) >= 11 is 12.5. The highest BCUT2D eigenvalue weighted by atomic mass is 35.5. The molecule has 0 aliphatic rings. The molecule has 1 N–H and O–H groups in total. The molecule has 0 bridgehead atoms. The second-order valence-corrected chi connectivity index (χ2v) is 8.73. The molecule has 2 amide bonds. The summed E-state index contributed by atoms with van der Waals surface area (Å²) in [6.45, 7) is 2.50. The van der Waals surface area contributed by atoms with Gasteiger partial charge in [-0.2, -0.15) is 0 Å². The Balaban J connectivity index is 1.96. The van der Waals surface area contributed by atoms with Gasteiger partial charge >= 0.3 is 0 Å². The number of halogens is 2. The first-order valence-corrected chi connectivity index (χ1v) is 11.8. The quantitative estimate of drug-likeness (QED) is 0.411. The average molecular weight is 499 g/mol. The number of amides is 2. The fourth-order valence-electron chi connectivity index (χ4n) is 3.70. The van der Waals surface area contributed by atoms with Gasteiger partial charge < -0.3 is 15.0 Å². The summed E-state index contributed by atoms with van der Waals surface area (Å²) in [6, 6.07) is 21.4. The number of benzene rings is 3. The first kappa shape index (κ1) is 25.6. The fraction of sp³-hybridized carbons (Fsp3) is 0.259. The van der Waals surface area contributed by atoms with Crippen molar-refractivity contribution in [1.29, 1.82) is 0 Å². The summed E-state index contributed by atoms with van der Waals surface area (Å²) in [7, 11) is 1.60. The maximum atomic E-state index is 13.6. The van der Waals surface area contributed by atoms with Crippen molar-refractivity contribution in [1.82, 2.24) is 10.2 Å². The lowest BCUT2D eigenvalue weighted by Crippen LogP contribution is -2.51. The van der Waals surface area contributed by atoms with Crippen molar-refractivity contribution in [3.63, 3.8) is 0 Å². The van der Waals surface area contributed by atoms with Gasteiger partial charge in [-0.05, 0) is 47.9 Å². The Morgan fingerprint density at radius 2 is 1.68 bits per heavy atom. The van der Waals surface area contributed by atoms with Gasteiger partial charge in [0.25, 0.3) is 0 Å². The summed E-state index contributed by atoms with van der Waals surface area (Å²) in [6.07, 6.45) is 0.520. The van der Waals surface area contributed by atoms with E-state index in [1.54, 1.807) is 30.2 Å². The standard InChI is InChI=1S/C27H28Cl2N2O3/c1-3-30-27(33)25(15-19-7-5-4-6-8-19)31(18-21-11-12-22(28)17-24(21)29)26(32)16-20-9-13-23(34-2)14-10-20/h4-14,17,25H,3,15-16,18H2,1-2H3,(H,30,33). The molecule has 0 saturated heterocycles. The lowest BCUT2D eigenvalue weighted by Gasteiger charge is -2.32. The van der Waals surface area contributed by atoms with Crippen LogP contribution in [0.15, 0.2) is 72.8 Å².